The highest BCUT2D eigenvalue weighted by molar-refractivity contribution is 5.95. The molecule has 1 fully saturated rings. The normalized spacial score (nSPS) is 17.7. The molecule has 0 saturated carbocycles. The van der Waals surface area contributed by atoms with Gasteiger partial charge in [-0.3, -0.25) is 14.6 Å². The van der Waals surface area contributed by atoms with Crippen LogP contribution in [0.3, 0.4) is 0 Å². The van der Waals surface area contributed by atoms with E-state index in [1.54, 1.807) is 19.1 Å². The molecule has 1 amide bonds. The molecule has 0 bridgehead atoms. The van der Waals surface area contributed by atoms with Gasteiger partial charge in [-0.15, -0.1) is 0 Å². The molecule has 1 aliphatic heterocycles. The Morgan fingerprint density at radius 2 is 2.24 bits per heavy atom. The molecule has 1 aromatic heterocycles. The van der Waals surface area contributed by atoms with Crippen LogP contribution >= 0.6 is 0 Å². The van der Waals surface area contributed by atoms with Crippen LogP contribution in [-0.2, 0) is 16.1 Å². The van der Waals surface area contributed by atoms with E-state index in [0.29, 0.717) is 24.2 Å². The van der Waals surface area contributed by atoms with Gasteiger partial charge in [0.2, 0.25) is 5.91 Å². The number of amides is 1. The zero-order valence-corrected chi connectivity index (χ0v) is 12.6. The third-order valence-corrected chi connectivity index (χ3v) is 3.71. The first-order chi connectivity index (χ1) is 10.1. The lowest BCUT2D eigenvalue weighted by Gasteiger charge is -2.10. The summed E-state index contributed by atoms with van der Waals surface area (Å²) in [6.07, 6.45) is 3.65. The fourth-order valence-electron chi connectivity index (χ4n) is 2.53. The number of nitrogens with zero attached hydrogens (tertiary/aromatic N) is 1. The Bertz CT molecular complexity index is 522. The second-order valence-corrected chi connectivity index (χ2v) is 5.44. The summed E-state index contributed by atoms with van der Waals surface area (Å²) in [6, 6.07) is 3.54. The van der Waals surface area contributed by atoms with Crippen LogP contribution in [0.1, 0.15) is 54.4 Å². The van der Waals surface area contributed by atoms with E-state index in [2.05, 4.69) is 10.3 Å². The summed E-state index contributed by atoms with van der Waals surface area (Å²) in [7, 11) is 0. The number of nitrogens with one attached hydrogen (secondary N) is 1. The van der Waals surface area contributed by atoms with Gasteiger partial charge in [-0.1, -0.05) is 0 Å². The van der Waals surface area contributed by atoms with Crippen LogP contribution in [0.4, 0.5) is 0 Å². The molecule has 1 N–H and O–H groups in total. The fourth-order valence-corrected chi connectivity index (χ4v) is 2.53. The maximum absolute atomic E-state index is 11.8. The van der Waals surface area contributed by atoms with Gasteiger partial charge < -0.3 is 10.1 Å². The monoisotopic (exact) mass is 290 g/mol. The van der Waals surface area contributed by atoms with E-state index >= 15 is 0 Å². The largest absolute Gasteiger partial charge is 0.378 e. The van der Waals surface area contributed by atoms with Crippen molar-refractivity contribution in [3.8, 4) is 0 Å². The fraction of sp³-hybridized carbons (Fsp3) is 0.562. The van der Waals surface area contributed by atoms with Crippen molar-refractivity contribution < 1.29 is 14.3 Å². The molecule has 0 unspecified atom stereocenters. The van der Waals surface area contributed by atoms with Crippen molar-refractivity contribution >= 4 is 11.7 Å². The molecule has 2 rings (SSSR count). The van der Waals surface area contributed by atoms with Crippen molar-refractivity contribution in [2.45, 2.75) is 52.2 Å². The second-order valence-electron chi connectivity index (χ2n) is 5.44. The van der Waals surface area contributed by atoms with Crippen molar-refractivity contribution in [1.29, 1.82) is 0 Å². The highest BCUT2D eigenvalue weighted by Crippen LogP contribution is 2.16. The summed E-state index contributed by atoms with van der Waals surface area (Å²) in [5, 5.41) is 2.86. The molecule has 5 nitrogen and oxygen atoms in total. The minimum Gasteiger partial charge on any atom is -0.378 e. The van der Waals surface area contributed by atoms with Gasteiger partial charge in [-0.2, -0.15) is 0 Å². The van der Waals surface area contributed by atoms with Crippen LogP contribution in [0.15, 0.2) is 12.1 Å². The molecule has 0 radical (unpaired) electrons. The molecule has 1 aliphatic rings. The lowest BCUT2D eigenvalue weighted by Crippen LogP contribution is -2.24. The van der Waals surface area contributed by atoms with Gasteiger partial charge in [-0.05, 0) is 45.2 Å². The number of rotatable bonds is 6. The summed E-state index contributed by atoms with van der Waals surface area (Å²) >= 11 is 0. The Kier molecular flexibility index (Phi) is 5.44. The van der Waals surface area contributed by atoms with E-state index in [1.807, 2.05) is 0 Å². The van der Waals surface area contributed by atoms with Gasteiger partial charge in [0.1, 0.15) is 0 Å². The molecular weight excluding hydrogens is 268 g/mol. The van der Waals surface area contributed by atoms with Crippen LogP contribution < -0.4 is 5.32 Å². The summed E-state index contributed by atoms with van der Waals surface area (Å²) < 4.78 is 5.49. The SMILES string of the molecule is CC(=O)c1ccc(CNC(=O)CC[C@@H]2CCCO2)nc1C. The standard InChI is InChI=1S/C16H22N2O3/c1-11-15(12(2)19)7-5-13(18-11)10-17-16(20)8-6-14-4-3-9-21-14/h5,7,14H,3-4,6,8-10H2,1-2H3,(H,17,20)/t14-/m0/s1. The number of hydrogen-bond acceptors (Lipinski definition) is 4. The number of ether oxygens (including phenoxy) is 1. The summed E-state index contributed by atoms with van der Waals surface area (Å²) in [5.41, 5.74) is 2.10. The van der Waals surface area contributed by atoms with E-state index in [9.17, 15) is 9.59 Å². The van der Waals surface area contributed by atoms with Crippen LogP contribution in [0.5, 0.6) is 0 Å². The predicted molar refractivity (Wildman–Crippen MR) is 79.0 cm³/mol. The highest BCUT2D eigenvalue weighted by Gasteiger charge is 2.16. The van der Waals surface area contributed by atoms with Gasteiger partial charge >= 0.3 is 0 Å². The number of carbonyl (C=O) groups excluding carboxylic acids is 2. The number of aryl methyl sites for hydroxylation is 1. The van der Waals surface area contributed by atoms with E-state index in [0.717, 1.165) is 31.6 Å². The summed E-state index contributed by atoms with van der Waals surface area (Å²) in [4.78, 5) is 27.5. The van der Waals surface area contributed by atoms with Crippen LogP contribution in [-0.4, -0.2) is 29.4 Å². The first-order valence-electron chi connectivity index (χ1n) is 7.42. The first kappa shape index (κ1) is 15.6. The van der Waals surface area contributed by atoms with E-state index in [-0.39, 0.29) is 17.8 Å². The molecular formula is C16H22N2O3. The number of pyridine rings is 1. The van der Waals surface area contributed by atoms with Crippen LogP contribution in [0.2, 0.25) is 0 Å². The Morgan fingerprint density at radius 3 is 2.86 bits per heavy atom. The van der Waals surface area contributed by atoms with Gasteiger partial charge in [0.05, 0.1) is 18.3 Å². The number of hydrogen-bond donors (Lipinski definition) is 1. The zero-order chi connectivity index (χ0) is 15.2. The van der Waals surface area contributed by atoms with Crippen molar-refractivity contribution in [3.05, 3.63) is 29.1 Å². The summed E-state index contributed by atoms with van der Waals surface area (Å²) in [5.74, 6) is 0.0211. The quantitative estimate of drug-likeness (QED) is 0.815. The average Bonchev–Trinajstić information content (AvgIpc) is 2.95. The molecule has 0 aromatic carbocycles. The third kappa shape index (κ3) is 4.63. The van der Waals surface area contributed by atoms with Crippen LogP contribution in [0, 0.1) is 6.92 Å². The van der Waals surface area contributed by atoms with Crippen molar-refractivity contribution in [2.75, 3.05) is 6.61 Å². The Labute approximate surface area is 125 Å². The number of aromatic nitrogens is 1. The van der Waals surface area contributed by atoms with Gasteiger partial charge in [-0.25, -0.2) is 0 Å². The number of Topliss-reactive ketones (excluding diaryl/α,β-unsaturated/α-hetero) is 1. The molecule has 1 atom stereocenters. The Morgan fingerprint density at radius 1 is 1.43 bits per heavy atom. The molecule has 2 heterocycles. The van der Waals surface area contributed by atoms with Crippen molar-refractivity contribution in [3.63, 3.8) is 0 Å². The second kappa shape index (κ2) is 7.31. The van der Waals surface area contributed by atoms with Gasteiger partial charge in [0.15, 0.2) is 5.78 Å². The molecule has 114 valence electrons. The van der Waals surface area contributed by atoms with E-state index < -0.39 is 0 Å². The minimum absolute atomic E-state index is 0.00662. The maximum atomic E-state index is 11.8. The van der Waals surface area contributed by atoms with E-state index in [1.165, 1.54) is 6.92 Å². The average molecular weight is 290 g/mol. The highest BCUT2D eigenvalue weighted by atomic mass is 16.5. The number of carbonyl (C=O) groups is 2. The molecule has 0 aliphatic carbocycles. The topological polar surface area (TPSA) is 68.3 Å². The van der Waals surface area contributed by atoms with E-state index in [4.69, 9.17) is 4.74 Å². The van der Waals surface area contributed by atoms with Crippen LogP contribution in [0.25, 0.3) is 0 Å². The molecule has 1 aromatic rings. The minimum atomic E-state index is 0.00662. The van der Waals surface area contributed by atoms with Crippen molar-refractivity contribution in [2.24, 2.45) is 0 Å². The first-order valence-corrected chi connectivity index (χ1v) is 7.42. The molecule has 1 saturated heterocycles. The maximum Gasteiger partial charge on any atom is 0.220 e. The number of ketones is 1. The summed E-state index contributed by atoms with van der Waals surface area (Å²) in [6.45, 7) is 4.54. The lowest BCUT2D eigenvalue weighted by atomic mass is 10.1. The van der Waals surface area contributed by atoms with Gasteiger partial charge in [0.25, 0.3) is 0 Å². The van der Waals surface area contributed by atoms with Crippen molar-refractivity contribution in [1.82, 2.24) is 10.3 Å². The molecule has 5 heteroatoms. The third-order valence-electron chi connectivity index (χ3n) is 3.71. The zero-order valence-electron chi connectivity index (χ0n) is 12.6. The van der Waals surface area contributed by atoms with Gasteiger partial charge in [0, 0.05) is 24.3 Å². The predicted octanol–water partition coefficient (Wildman–Crippen LogP) is 2.17. The smallest absolute Gasteiger partial charge is 0.220 e. The molecule has 0 spiro atoms. The lowest BCUT2D eigenvalue weighted by molar-refractivity contribution is -0.121. The Hall–Kier alpha value is -1.75. The Balaban J connectivity index is 1.78. The molecule has 21 heavy (non-hydrogen) atoms.